The molecular formula is C8H13ClO4. The quantitative estimate of drug-likeness (QED) is 0.530. The van der Waals surface area contributed by atoms with Gasteiger partial charge in [0.1, 0.15) is 5.38 Å². The smallest absolute Gasteiger partial charge is 0.324 e. The van der Waals surface area contributed by atoms with Gasteiger partial charge in [0.05, 0.1) is 6.61 Å². The molecule has 4 nitrogen and oxygen atoms in total. The lowest BCUT2D eigenvalue weighted by Crippen LogP contribution is -2.18. The van der Waals surface area contributed by atoms with E-state index in [0.717, 1.165) is 0 Å². The first-order valence-corrected chi connectivity index (χ1v) is 4.54. The van der Waals surface area contributed by atoms with E-state index in [-0.39, 0.29) is 6.42 Å². The van der Waals surface area contributed by atoms with E-state index in [0.29, 0.717) is 19.4 Å². The first-order valence-electron chi connectivity index (χ1n) is 4.10. The zero-order valence-corrected chi connectivity index (χ0v) is 8.21. The molecule has 0 fully saturated rings. The average Bonchev–Trinajstić information content (AvgIpc) is 2.04. The number of hydrogen-bond donors (Lipinski definition) is 1. The molecule has 0 heterocycles. The molecule has 0 aromatic rings. The van der Waals surface area contributed by atoms with Crippen molar-refractivity contribution in [3.05, 3.63) is 0 Å². The van der Waals surface area contributed by atoms with E-state index in [1.165, 1.54) is 0 Å². The van der Waals surface area contributed by atoms with Crippen LogP contribution in [-0.4, -0.2) is 29.0 Å². The second kappa shape index (κ2) is 6.71. The first kappa shape index (κ1) is 12.2. The lowest BCUT2D eigenvalue weighted by molar-refractivity contribution is -0.143. The number of carbonyl (C=O) groups excluding carboxylic acids is 1. The van der Waals surface area contributed by atoms with Gasteiger partial charge in [-0.25, -0.2) is 0 Å². The van der Waals surface area contributed by atoms with Crippen LogP contribution in [0.2, 0.25) is 0 Å². The molecule has 0 saturated heterocycles. The monoisotopic (exact) mass is 208 g/mol. The predicted molar refractivity (Wildman–Crippen MR) is 47.8 cm³/mol. The standard InChI is InChI=1S/C8H13ClO4/c1-2-13-8(12)6(9)4-3-5-7(10)11/h6H,2-5H2,1H3,(H,10,11). The molecule has 0 aromatic heterocycles. The van der Waals surface area contributed by atoms with Crippen LogP contribution in [0.1, 0.15) is 26.2 Å². The number of carbonyl (C=O) groups is 2. The number of alkyl halides is 1. The summed E-state index contributed by atoms with van der Waals surface area (Å²) in [6.07, 6.45) is 0.762. The fraction of sp³-hybridized carbons (Fsp3) is 0.750. The van der Waals surface area contributed by atoms with Crippen LogP contribution >= 0.6 is 11.6 Å². The molecule has 0 bridgehead atoms. The van der Waals surface area contributed by atoms with E-state index in [9.17, 15) is 9.59 Å². The molecule has 0 amide bonds. The molecule has 0 radical (unpaired) electrons. The van der Waals surface area contributed by atoms with Crippen LogP contribution in [0, 0.1) is 0 Å². The Kier molecular flexibility index (Phi) is 6.32. The van der Waals surface area contributed by atoms with Gasteiger partial charge in [0.15, 0.2) is 0 Å². The third kappa shape index (κ3) is 6.40. The van der Waals surface area contributed by atoms with Gasteiger partial charge in [0.2, 0.25) is 0 Å². The topological polar surface area (TPSA) is 63.6 Å². The fourth-order valence-electron chi connectivity index (χ4n) is 0.783. The summed E-state index contributed by atoms with van der Waals surface area (Å²) in [7, 11) is 0. The summed E-state index contributed by atoms with van der Waals surface area (Å²) in [5.41, 5.74) is 0. The van der Waals surface area contributed by atoms with Gasteiger partial charge in [-0.3, -0.25) is 9.59 Å². The molecule has 5 heteroatoms. The minimum absolute atomic E-state index is 0.0304. The van der Waals surface area contributed by atoms with Crippen molar-refractivity contribution >= 4 is 23.5 Å². The van der Waals surface area contributed by atoms with Gasteiger partial charge >= 0.3 is 11.9 Å². The summed E-state index contributed by atoms with van der Waals surface area (Å²) in [4.78, 5) is 21.0. The number of hydrogen-bond acceptors (Lipinski definition) is 3. The highest BCUT2D eigenvalue weighted by Crippen LogP contribution is 2.09. The van der Waals surface area contributed by atoms with Crippen LogP contribution in [0.5, 0.6) is 0 Å². The van der Waals surface area contributed by atoms with Gasteiger partial charge in [0, 0.05) is 6.42 Å². The molecule has 0 aliphatic heterocycles. The third-order valence-electron chi connectivity index (χ3n) is 1.39. The SMILES string of the molecule is CCOC(=O)C(Cl)CCCC(=O)O. The van der Waals surface area contributed by atoms with E-state index in [2.05, 4.69) is 4.74 Å². The van der Waals surface area contributed by atoms with Crippen molar-refractivity contribution in [3.8, 4) is 0 Å². The molecule has 13 heavy (non-hydrogen) atoms. The molecule has 0 aliphatic carbocycles. The van der Waals surface area contributed by atoms with Crippen molar-refractivity contribution in [3.63, 3.8) is 0 Å². The molecule has 0 aliphatic rings. The van der Waals surface area contributed by atoms with Crippen molar-refractivity contribution < 1.29 is 19.4 Å². The van der Waals surface area contributed by atoms with Crippen molar-refractivity contribution in [2.24, 2.45) is 0 Å². The second-order valence-corrected chi connectivity index (χ2v) is 3.03. The van der Waals surface area contributed by atoms with E-state index in [1.54, 1.807) is 6.92 Å². The van der Waals surface area contributed by atoms with Crippen LogP contribution in [0.3, 0.4) is 0 Å². The molecular weight excluding hydrogens is 196 g/mol. The van der Waals surface area contributed by atoms with E-state index < -0.39 is 17.3 Å². The van der Waals surface area contributed by atoms with Gasteiger partial charge in [-0.05, 0) is 19.8 Å². The van der Waals surface area contributed by atoms with Crippen LogP contribution in [-0.2, 0) is 14.3 Å². The van der Waals surface area contributed by atoms with E-state index >= 15 is 0 Å². The van der Waals surface area contributed by atoms with Crippen LogP contribution < -0.4 is 0 Å². The van der Waals surface area contributed by atoms with Crippen molar-refractivity contribution in [2.45, 2.75) is 31.6 Å². The summed E-state index contributed by atoms with van der Waals surface area (Å²) in [5, 5.41) is 7.59. The number of halogens is 1. The Morgan fingerprint density at radius 1 is 1.54 bits per heavy atom. The van der Waals surface area contributed by atoms with Crippen LogP contribution in [0.25, 0.3) is 0 Å². The first-order chi connectivity index (χ1) is 6.07. The highest BCUT2D eigenvalue weighted by molar-refractivity contribution is 6.29. The summed E-state index contributed by atoms with van der Waals surface area (Å²) in [6, 6.07) is 0. The Morgan fingerprint density at radius 3 is 2.62 bits per heavy atom. The summed E-state index contributed by atoms with van der Waals surface area (Å²) >= 11 is 5.63. The molecule has 0 aromatic carbocycles. The lowest BCUT2D eigenvalue weighted by Gasteiger charge is -2.06. The molecule has 1 atom stereocenters. The largest absolute Gasteiger partial charge is 0.481 e. The van der Waals surface area contributed by atoms with Crippen LogP contribution in [0.4, 0.5) is 0 Å². The molecule has 76 valence electrons. The average molecular weight is 209 g/mol. The Balaban J connectivity index is 3.55. The maximum absolute atomic E-state index is 10.9. The predicted octanol–water partition coefficient (Wildman–Crippen LogP) is 1.41. The van der Waals surface area contributed by atoms with Gasteiger partial charge in [-0.2, -0.15) is 0 Å². The number of ether oxygens (including phenoxy) is 1. The molecule has 0 spiro atoms. The Bertz CT molecular complexity index is 181. The van der Waals surface area contributed by atoms with Gasteiger partial charge in [-0.1, -0.05) is 0 Å². The Labute approximate surface area is 81.8 Å². The van der Waals surface area contributed by atoms with Crippen molar-refractivity contribution in [1.82, 2.24) is 0 Å². The normalized spacial score (nSPS) is 12.2. The maximum Gasteiger partial charge on any atom is 0.324 e. The number of carboxylic acid groups (broad SMARTS) is 1. The van der Waals surface area contributed by atoms with Gasteiger partial charge in [0.25, 0.3) is 0 Å². The molecule has 1 N–H and O–H groups in total. The minimum atomic E-state index is -0.882. The van der Waals surface area contributed by atoms with Crippen LogP contribution in [0.15, 0.2) is 0 Å². The second-order valence-electron chi connectivity index (χ2n) is 2.51. The van der Waals surface area contributed by atoms with Gasteiger partial charge in [-0.15, -0.1) is 11.6 Å². The highest BCUT2D eigenvalue weighted by Gasteiger charge is 2.16. The highest BCUT2D eigenvalue weighted by atomic mass is 35.5. The zero-order chi connectivity index (χ0) is 10.3. The molecule has 0 rings (SSSR count). The number of aliphatic carboxylic acids is 1. The van der Waals surface area contributed by atoms with Crippen molar-refractivity contribution in [2.75, 3.05) is 6.61 Å². The van der Waals surface area contributed by atoms with E-state index in [4.69, 9.17) is 16.7 Å². The Morgan fingerprint density at radius 2 is 2.15 bits per heavy atom. The lowest BCUT2D eigenvalue weighted by atomic mass is 10.2. The summed E-state index contributed by atoms with van der Waals surface area (Å²) < 4.78 is 4.64. The minimum Gasteiger partial charge on any atom is -0.481 e. The maximum atomic E-state index is 10.9. The zero-order valence-electron chi connectivity index (χ0n) is 7.46. The van der Waals surface area contributed by atoms with Crippen molar-refractivity contribution in [1.29, 1.82) is 0 Å². The number of esters is 1. The summed E-state index contributed by atoms with van der Waals surface area (Å²) in [5.74, 6) is -1.36. The van der Waals surface area contributed by atoms with Gasteiger partial charge < -0.3 is 9.84 Å². The van der Waals surface area contributed by atoms with E-state index in [1.807, 2.05) is 0 Å². The fourth-order valence-corrected chi connectivity index (χ4v) is 1.00. The number of rotatable bonds is 6. The number of carboxylic acids is 1. The summed E-state index contributed by atoms with van der Waals surface area (Å²) in [6.45, 7) is 1.99. The molecule has 0 saturated carbocycles. The Hall–Kier alpha value is -0.770. The molecule has 1 unspecified atom stereocenters. The third-order valence-corrected chi connectivity index (χ3v) is 1.79.